The van der Waals surface area contributed by atoms with E-state index < -0.39 is 11.8 Å². The normalized spacial score (nSPS) is 10.1. The van der Waals surface area contributed by atoms with Crippen LogP contribution in [0.15, 0.2) is 52.0 Å². The molecule has 0 unspecified atom stereocenters. The van der Waals surface area contributed by atoms with Gasteiger partial charge in [0, 0.05) is 10.6 Å². The van der Waals surface area contributed by atoms with Gasteiger partial charge in [0.25, 0.3) is 5.91 Å². The van der Waals surface area contributed by atoms with Crippen molar-refractivity contribution in [3.8, 4) is 0 Å². The van der Waals surface area contributed by atoms with E-state index in [9.17, 15) is 9.59 Å². The van der Waals surface area contributed by atoms with E-state index in [1.165, 1.54) is 24.1 Å². The van der Waals surface area contributed by atoms with Crippen molar-refractivity contribution in [1.29, 1.82) is 0 Å². The molecule has 0 spiro atoms. The third kappa shape index (κ3) is 3.62. The highest BCUT2D eigenvalue weighted by atomic mass is 32.2. The number of carbonyl (C=O) groups is 2. The Labute approximate surface area is 114 Å². The van der Waals surface area contributed by atoms with Crippen LogP contribution >= 0.6 is 11.8 Å². The predicted molar refractivity (Wildman–Crippen MR) is 72.8 cm³/mol. The van der Waals surface area contributed by atoms with Crippen molar-refractivity contribution in [3.05, 3.63) is 48.4 Å². The predicted octanol–water partition coefficient (Wildman–Crippen LogP) is 1.91. The van der Waals surface area contributed by atoms with E-state index in [2.05, 4.69) is 5.32 Å². The monoisotopic (exact) mass is 276 g/mol. The molecule has 0 saturated heterocycles. The lowest BCUT2D eigenvalue weighted by molar-refractivity contribution is -0.117. The number of thioether (sulfide) groups is 1. The molecule has 2 rings (SSSR count). The minimum atomic E-state index is -0.545. The van der Waals surface area contributed by atoms with E-state index in [-0.39, 0.29) is 11.5 Å². The van der Waals surface area contributed by atoms with Gasteiger partial charge in [-0.15, -0.1) is 11.8 Å². The van der Waals surface area contributed by atoms with Crippen LogP contribution in [0.25, 0.3) is 0 Å². The number of imide groups is 1. The number of nitrogens with one attached hydrogen (secondary N) is 1. The number of benzene rings is 1. The number of furan rings is 1. The number of anilines is 1. The first-order valence-corrected chi connectivity index (χ1v) is 6.50. The Bertz CT molecular complexity index is 581. The number of nitrogens with two attached hydrogens (primary N) is 1. The fraction of sp³-hybridized carbons (Fsp3) is 0.0769. The molecule has 98 valence electrons. The highest BCUT2D eigenvalue weighted by molar-refractivity contribution is 8.00. The summed E-state index contributed by atoms with van der Waals surface area (Å²) in [5.74, 6) is -0.718. The molecule has 1 aromatic carbocycles. The molecule has 6 heteroatoms. The molecule has 0 aliphatic rings. The van der Waals surface area contributed by atoms with E-state index in [1.807, 2.05) is 18.2 Å². The number of hydrogen-bond acceptors (Lipinski definition) is 5. The fourth-order valence-corrected chi connectivity index (χ4v) is 2.16. The topological polar surface area (TPSA) is 85.3 Å². The van der Waals surface area contributed by atoms with Crippen LogP contribution in [0, 0.1) is 0 Å². The Morgan fingerprint density at radius 3 is 2.68 bits per heavy atom. The lowest BCUT2D eigenvalue weighted by Gasteiger charge is -2.04. The van der Waals surface area contributed by atoms with Gasteiger partial charge >= 0.3 is 0 Å². The lowest BCUT2D eigenvalue weighted by Crippen LogP contribution is -2.31. The van der Waals surface area contributed by atoms with Gasteiger partial charge in [0.1, 0.15) is 0 Å². The second kappa shape index (κ2) is 6.10. The Morgan fingerprint density at radius 1 is 1.21 bits per heavy atom. The zero-order valence-electron chi connectivity index (χ0n) is 9.96. The summed E-state index contributed by atoms with van der Waals surface area (Å²) in [5, 5.41) is 2.24. The average molecular weight is 276 g/mol. The molecule has 0 fully saturated rings. The standard InChI is InChI=1S/C13H12N2O3S/c14-9-4-1-2-6-11(9)19-8-12(16)15-13(17)10-5-3-7-18-10/h1-7H,8,14H2,(H,15,16,17). The Balaban J connectivity index is 1.85. The molecule has 2 aromatic rings. The molecule has 0 bridgehead atoms. The first-order valence-electron chi connectivity index (χ1n) is 5.52. The van der Waals surface area contributed by atoms with Gasteiger partial charge in [0.2, 0.25) is 5.91 Å². The second-order valence-electron chi connectivity index (χ2n) is 3.68. The average Bonchev–Trinajstić information content (AvgIpc) is 2.91. The highest BCUT2D eigenvalue weighted by Crippen LogP contribution is 2.23. The maximum atomic E-state index is 11.6. The summed E-state index contributed by atoms with van der Waals surface area (Å²) in [4.78, 5) is 23.9. The quantitative estimate of drug-likeness (QED) is 0.658. The van der Waals surface area contributed by atoms with Crippen molar-refractivity contribution in [2.24, 2.45) is 0 Å². The van der Waals surface area contributed by atoms with E-state index in [0.717, 1.165) is 4.90 Å². The van der Waals surface area contributed by atoms with Crippen LogP contribution in [-0.4, -0.2) is 17.6 Å². The SMILES string of the molecule is Nc1ccccc1SCC(=O)NC(=O)c1ccco1. The number of amides is 2. The third-order valence-corrected chi connectivity index (χ3v) is 3.37. The lowest BCUT2D eigenvalue weighted by atomic mass is 10.3. The van der Waals surface area contributed by atoms with Crippen molar-refractivity contribution in [2.45, 2.75) is 4.90 Å². The highest BCUT2D eigenvalue weighted by Gasteiger charge is 2.13. The number of rotatable bonds is 4. The summed E-state index contributed by atoms with van der Waals surface area (Å²) in [5.41, 5.74) is 6.36. The van der Waals surface area contributed by atoms with Crippen molar-refractivity contribution < 1.29 is 14.0 Å². The van der Waals surface area contributed by atoms with Crippen LogP contribution in [0.4, 0.5) is 5.69 Å². The van der Waals surface area contributed by atoms with Gasteiger partial charge in [-0.3, -0.25) is 14.9 Å². The van der Waals surface area contributed by atoms with Crippen LogP contribution in [0.1, 0.15) is 10.6 Å². The summed E-state index contributed by atoms with van der Waals surface area (Å²) >= 11 is 1.27. The largest absolute Gasteiger partial charge is 0.459 e. The fourth-order valence-electron chi connectivity index (χ4n) is 1.39. The van der Waals surface area contributed by atoms with Gasteiger partial charge in [-0.1, -0.05) is 12.1 Å². The van der Waals surface area contributed by atoms with Crippen molar-refractivity contribution in [2.75, 3.05) is 11.5 Å². The molecule has 0 aliphatic carbocycles. The van der Waals surface area contributed by atoms with Gasteiger partial charge < -0.3 is 10.2 Å². The van der Waals surface area contributed by atoms with Gasteiger partial charge in [0.15, 0.2) is 5.76 Å². The molecule has 1 heterocycles. The van der Waals surface area contributed by atoms with Crippen molar-refractivity contribution >= 4 is 29.3 Å². The smallest absolute Gasteiger partial charge is 0.293 e. The third-order valence-electron chi connectivity index (χ3n) is 2.28. The number of nitrogen functional groups attached to an aromatic ring is 1. The van der Waals surface area contributed by atoms with Gasteiger partial charge in [-0.2, -0.15) is 0 Å². The molecule has 19 heavy (non-hydrogen) atoms. The number of para-hydroxylation sites is 1. The Kier molecular flexibility index (Phi) is 4.25. The Morgan fingerprint density at radius 2 is 2.00 bits per heavy atom. The van der Waals surface area contributed by atoms with E-state index in [4.69, 9.17) is 10.2 Å². The molecule has 5 nitrogen and oxygen atoms in total. The second-order valence-corrected chi connectivity index (χ2v) is 4.70. The summed E-state index contributed by atoms with van der Waals surface area (Å²) in [6.45, 7) is 0. The maximum Gasteiger partial charge on any atom is 0.293 e. The van der Waals surface area contributed by atoms with E-state index in [1.54, 1.807) is 12.1 Å². The van der Waals surface area contributed by atoms with Crippen molar-refractivity contribution in [3.63, 3.8) is 0 Å². The molecule has 0 aliphatic heterocycles. The summed E-state index contributed by atoms with van der Waals surface area (Å²) in [7, 11) is 0. The van der Waals surface area contributed by atoms with Crippen LogP contribution < -0.4 is 11.1 Å². The summed E-state index contributed by atoms with van der Waals surface area (Å²) in [6, 6.07) is 10.3. The zero-order valence-corrected chi connectivity index (χ0v) is 10.8. The molecule has 0 atom stereocenters. The number of hydrogen-bond donors (Lipinski definition) is 2. The Hall–Kier alpha value is -2.21. The first kappa shape index (κ1) is 13.2. The first-order chi connectivity index (χ1) is 9.16. The molecule has 2 amide bonds. The molecule has 0 saturated carbocycles. The molecular formula is C13H12N2O3S. The van der Waals surface area contributed by atoms with Crippen LogP contribution in [0.2, 0.25) is 0 Å². The van der Waals surface area contributed by atoms with Crippen LogP contribution in [0.5, 0.6) is 0 Å². The van der Waals surface area contributed by atoms with Crippen molar-refractivity contribution in [1.82, 2.24) is 5.32 Å². The minimum absolute atomic E-state index is 0.109. The molecular weight excluding hydrogens is 264 g/mol. The van der Waals surface area contributed by atoms with Crippen LogP contribution in [0.3, 0.4) is 0 Å². The zero-order chi connectivity index (χ0) is 13.7. The van der Waals surface area contributed by atoms with E-state index in [0.29, 0.717) is 5.69 Å². The van der Waals surface area contributed by atoms with E-state index >= 15 is 0 Å². The molecule has 1 aromatic heterocycles. The number of carbonyl (C=O) groups excluding carboxylic acids is 2. The van der Waals surface area contributed by atoms with Gasteiger partial charge in [0.05, 0.1) is 12.0 Å². The minimum Gasteiger partial charge on any atom is -0.459 e. The van der Waals surface area contributed by atoms with Gasteiger partial charge in [-0.25, -0.2) is 0 Å². The summed E-state index contributed by atoms with van der Waals surface area (Å²) in [6.07, 6.45) is 1.37. The van der Waals surface area contributed by atoms with Gasteiger partial charge in [-0.05, 0) is 24.3 Å². The van der Waals surface area contributed by atoms with Crippen LogP contribution in [-0.2, 0) is 4.79 Å². The maximum absolute atomic E-state index is 11.6. The molecule has 3 N–H and O–H groups in total. The molecule has 0 radical (unpaired) electrons. The summed E-state index contributed by atoms with van der Waals surface area (Å²) < 4.78 is 4.89.